The van der Waals surface area contributed by atoms with Gasteiger partial charge in [0.05, 0.1) is 6.33 Å². The number of aliphatic hydroxyl groups excluding tert-OH is 3. The predicted molar refractivity (Wildman–Crippen MR) is 162 cm³/mol. The molecular weight excluding hydrogens is 600 g/mol. The molecule has 0 radical (unpaired) electrons. The molecule has 6 N–H and O–H groups in total. The molecule has 13 heteroatoms. The lowest BCUT2D eigenvalue weighted by atomic mass is 9.86. The summed E-state index contributed by atoms with van der Waals surface area (Å²) in [5.74, 6) is -2.87. The molecule has 0 saturated carbocycles. The van der Waals surface area contributed by atoms with Crippen molar-refractivity contribution in [2.45, 2.75) is 55.0 Å². The molecule has 1 saturated heterocycles. The van der Waals surface area contributed by atoms with Crippen LogP contribution < -0.4 is 10.5 Å². The maximum absolute atomic E-state index is 15.1. The number of rotatable bonds is 8. The first-order valence-electron chi connectivity index (χ1n) is 14.7. The molecule has 0 amide bonds. The Balaban J connectivity index is 1.04. The van der Waals surface area contributed by atoms with Crippen molar-refractivity contribution in [1.29, 1.82) is 0 Å². The number of imidazole rings is 1. The van der Waals surface area contributed by atoms with E-state index in [4.69, 9.17) is 15.2 Å². The fraction of sp³-hybridized carbons (Fsp3) is 0.303. The first-order valence-corrected chi connectivity index (χ1v) is 14.7. The number of aliphatic hydroxyl groups is 4. The van der Waals surface area contributed by atoms with E-state index in [9.17, 15) is 20.4 Å². The molecule has 3 aromatic carbocycles. The van der Waals surface area contributed by atoms with Crippen LogP contribution >= 0.6 is 0 Å². The average molecular weight is 632 g/mol. The van der Waals surface area contributed by atoms with E-state index in [1.807, 2.05) is 30.3 Å². The minimum Gasteiger partial charge on any atom is -0.491 e. The second-order valence-electron chi connectivity index (χ2n) is 11.6. The highest BCUT2D eigenvalue weighted by Crippen LogP contribution is 2.56. The normalized spacial score (nSPS) is 26.8. The summed E-state index contributed by atoms with van der Waals surface area (Å²) in [6, 6.07) is 21.8. The molecule has 238 valence electrons. The third-order valence-corrected chi connectivity index (χ3v) is 8.78. The lowest BCUT2D eigenvalue weighted by molar-refractivity contribution is -0.226. The molecule has 1 fully saturated rings. The number of aryl methyl sites for hydroxylation is 1. The van der Waals surface area contributed by atoms with Crippen LogP contribution in [0.5, 0.6) is 5.75 Å². The van der Waals surface area contributed by atoms with Crippen molar-refractivity contribution in [1.82, 2.24) is 19.5 Å². The molecule has 5 aromatic rings. The predicted octanol–water partition coefficient (Wildman–Crippen LogP) is 3.28. The highest BCUT2D eigenvalue weighted by Gasteiger charge is 2.64. The SMILES string of the molecule is Nc1nc(-c2ccccc2)nc2c1ncn2[C@@H]1O[C@H](COc2cccc(CC[C@]3(O)c4ccccc4C(O)C3(F)F)c2)[C@@H](O)[C@H]1O. The molecule has 11 nitrogen and oxygen atoms in total. The van der Waals surface area contributed by atoms with Crippen LogP contribution in [-0.2, 0) is 16.8 Å². The van der Waals surface area contributed by atoms with Gasteiger partial charge in [-0.3, -0.25) is 4.57 Å². The van der Waals surface area contributed by atoms with E-state index in [-0.39, 0.29) is 36.4 Å². The molecule has 1 aliphatic heterocycles. The number of halogens is 2. The maximum Gasteiger partial charge on any atom is 0.309 e. The molecule has 3 heterocycles. The Kier molecular flexibility index (Phi) is 7.45. The number of hydrogen-bond donors (Lipinski definition) is 5. The van der Waals surface area contributed by atoms with Gasteiger partial charge in [-0.25, -0.2) is 15.0 Å². The summed E-state index contributed by atoms with van der Waals surface area (Å²) >= 11 is 0. The van der Waals surface area contributed by atoms with Gasteiger partial charge < -0.3 is 35.6 Å². The van der Waals surface area contributed by atoms with Crippen molar-refractivity contribution >= 4 is 17.0 Å². The molecule has 46 heavy (non-hydrogen) atoms. The number of anilines is 1. The molecule has 0 spiro atoms. The Morgan fingerprint density at radius 3 is 2.50 bits per heavy atom. The first kappa shape index (κ1) is 30.1. The molecular formula is C33H31F2N5O6. The number of hydrogen-bond acceptors (Lipinski definition) is 10. The van der Waals surface area contributed by atoms with Crippen molar-refractivity contribution in [2.24, 2.45) is 0 Å². The van der Waals surface area contributed by atoms with Gasteiger partial charge in [0.2, 0.25) is 0 Å². The monoisotopic (exact) mass is 631 g/mol. The highest BCUT2D eigenvalue weighted by atomic mass is 19.3. The number of benzene rings is 3. The minimum atomic E-state index is -3.76. The topological polar surface area (TPSA) is 169 Å². The number of ether oxygens (including phenoxy) is 2. The van der Waals surface area contributed by atoms with E-state index in [2.05, 4.69) is 15.0 Å². The largest absolute Gasteiger partial charge is 0.491 e. The van der Waals surface area contributed by atoms with E-state index in [1.165, 1.54) is 23.0 Å². The summed E-state index contributed by atoms with van der Waals surface area (Å²) in [5, 5.41) is 43.1. The van der Waals surface area contributed by atoms with Crippen molar-refractivity contribution in [3.63, 3.8) is 0 Å². The maximum atomic E-state index is 15.1. The van der Waals surface area contributed by atoms with Crippen LogP contribution in [0.1, 0.15) is 35.4 Å². The molecule has 6 atom stereocenters. The van der Waals surface area contributed by atoms with Crippen molar-refractivity contribution in [2.75, 3.05) is 12.3 Å². The summed E-state index contributed by atoms with van der Waals surface area (Å²) in [5.41, 5.74) is 5.63. The zero-order chi connectivity index (χ0) is 32.2. The average Bonchev–Trinajstić information content (AvgIpc) is 3.66. The molecule has 7 rings (SSSR count). The van der Waals surface area contributed by atoms with Gasteiger partial charge >= 0.3 is 5.92 Å². The number of fused-ring (bicyclic) bond motifs is 2. The fourth-order valence-corrected chi connectivity index (χ4v) is 6.25. The van der Waals surface area contributed by atoms with Crippen LogP contribution in [0, 0.1) is 0 Å². The third-order valence-electron chi connectivity index (χ3n) is 8.78. The van der Waals surface area contributed by atoms with Crippen LogP contribution in [0.25, 0.3) is 22.6 Å². The quantitative estimate of drug-likeness (QED) is 0.171. The minimum absolute atomic E-state index is 0.0106. The number of nitrogen functional groups attached to an aromatic ring is 1. The smallest absolute Gasteiger partial charge is 0.309 e. The van der Waals surface area contributed by atoms with Gasteiger partial charge in [0.15, 0.2) is 29.1 Å². The van der Waals surface area contributed by atoms with Gasteiger partial charge in [-0.2, -0.15) is 8.78 Å². The van der Waals surface area contributed by atoms with Crippen molar-refractivity contribution < 1.29 is 38.7 Å². The van der Waals surface area contributed by atoms with Gasteiger partial charge in [0.25, 0.3) is 0 Å². The number of nitrogens with two attached hydrogens (primary N) is 1. The summed E-state index contributed by atoms with van der Waals surface area (Å²) in [6.45, 7) is -0.140. The molecule has 0 bridgehead atoms. The molecule has 1 aliphatic carbocycles. The summed E-state index contributed by atoms with van der Waals surface area (Å²) in [7, 11) is 0. The van der Waals surface area contributed by atoms with E-state index in [1.54, 1.807) is 36.4 Å². The van der Waals surface area contributed by atoms with Gasteiger partial charge in [-0.05, 0) is 41.7 Å². The molecule has 1 unspecified atom stereocenters. The van der Waals surface area contributed by atoms with E-state index >= 15 is 8.78 Å². The fourth-order valence-electron chi connectivity index (χ4n) is 6.25. The number of aromatic nitrogens is 4. The van der Waals surface area contributed by atoms with Gasteiger partial charge in [-0.15, -0.1) is 0 Å². The standard InChI is InChI=1S/C33H31F2N5O6/c34-33(35)27(43)21-11-4-5-12-22(21)32(33,44)14-13-18-7-6-10-20(15-18)45-16-23-25(41)26(42)31(46-23)40-17-37-24-28(36)38-29(39-30(24)40)19-8-2-1-3-9-19/h1-12,15,17,23,25-27,31,41-44H,13-14,16H2,(H2,36,38,39)/t23-,25-,26-,27?,31-,32+/m1/s1. The number of alkyl halides is 2. The van der Waals surface area contributed by atoms with Crippen LogP contribution in [0.2, 0.25) is 0 Å². The zero-order valence-electron chi connectivity index (χ0n) is 24.3. The Bertz CT molecular complexity index is 1890. The van der Waals surface area contributed by atoms with Gasteiger partial charge in [-0.1, -0.05) is 66.7 Å². The Hall–Kier alpha value is -4.53. The van der Waals surface area contributed by atoms with Crippen molar-refractivity contribution in [3.8, 4) is 17.1 Å². The van der Waals surface area contributed by atoms with Crippen LogP contribution in [0.4, 0.5) is 14.6 Å². The third kappa shape index (κ3) is 4.87. The summed E-state index contributed by atoms with van der Waals surface area (Å²) in [4.78, 5) is 13.2. The number of nitrogens with zero attached hydrogens (tertiary/aromatic N) is 4. The zero-order valence-corrected chi connectivity index (χ0v) is 24.3. The van der Waals surface area contributed by atoms with Crippen molar-refractivity contribution in [3.05, 3.63) is 102 Å². The van der Waals surface area contributed by atoms with E-state index < -0.39 is 42.2 Å². The Labute approximate surface area is 261 Å². The molecule has 2 aromatic heterocycles. The summed E-state index contributed by atoms with van der Waals surface area (Å²) < 4.78 is 43.5. The second-order valence-corrected chi connectivity index (χ2v) is 11.6. The lowest BCUT2D eigenvalue weighted by Crippen LogP contribution is -2.44. The summed E-state index contributed by atoms with van der Waals surface area (Å²) in [6.07, 6.45) is -5.61. The second kappa shape index (κ2) is 11.4. The Morgan fingerprint density at radius 1 is 0.935 bits per heavy atom. The van der Waals surface area contributed by atoms with Crippen LogP contribution in [-0.4, -0.2) is 70.8 Å². The van der Waals surface area contributed by atoms with Crippen LogP contribution in [0.15, 0.2) is 85.2 Å². The van der Waals surface area contributed by atoms with E-state index in [0.717, 1.165) is 5.56 Å². The van der Waals surface area contributed by atoms with E-state index in [0.29, 0.717) is 28.3 Å². The first-order chi connectivity index (χ1) is 22.1. The molecule has 2 aliphatic rings. The lowest BCUT2D eigenvalue weighted by Gasteiger charge is -2.32. The van der Waals surface area contributed by atoms with Gasteiger partial charge in [0.1, 0.15) is 42.3 Å². The highest BCUT2D eigenvalue weighted by molar-refractivity contribution is 5.83. The van der Waals surface area contributed by atoms with Crippen LogP contribution in [0.3, 0.4) is 0 Å². The van der Waals surface area contributed by atoms with Gasteiger partial charge in [0, 0.05) is 5.56 Å². The Morgan fingerprint density at radius 2 is 1.70 bits per heavy atom.